The summed E-state index contributed by atoms with van der Waals surface area (Å²) in [5.41, 5.74) is 1.21. The van der Waals surface area contributed by atoms with Crippen molar-refractivity contribution in [1.29, 1.82) is 0 Å². The van der Waals surface area contributed by atoms with Crippen molar-refractivity contribution in [2.75, 3.05) is 13.1 Å². The highest BCUT2D eigenvalue weighted by Crippen LogP contribution is 2.13. The summed E-state index contributed by atoms with van der Waals surface area (Å²) in [5, 5.41) is 2.91. The zero-order valence-electron chi connectivity index (χ0n) is 11.2. The Kier molecular flexibility index (Phi) is 6.36. The summed E-state index contributed by atoms with van der Waals surface area (Å²) >= 11 is 3.46. The fourth-order valence-corrected chi connectivity index (χ4v) is 2.19. The van der Waals surface area contributed by atoms with Crippen LogP contribution in [0.2, 0.25) is 0 Å². The van der Waals surface area contributed by atoms with Crippen molar-refractivity contribution in [2.24, 2.45) is 0 Å². The summed E-state index contributed by atoms with van der Waals surface area (Å²) in [6.07, 6.45) is 0. The maximum Gasteiger partial charge on any atom is 0.234 e. The van der Waals surface area contributed by atoms with E-state index in [0.29, 0.717) is 6.54 Å². The number of nitrogens with one attached hydrogen (secondary N) is 1. The van der Waals surface area contributed by atoms with E-state index in [9.17, 15) is 4.79 Å². The maximum absolute atomic E-state index is 11.7. The first-order chi connectivity index (χ1) is 8.51. The SMILES string of the molecule is CCN(CC(=O)NC(C)C)Cc1cccc(Br)c1. The van der Waals surface area contributed by atoms with Crippen LogP contribution in [0.3, 0.4) is 0 Å². The summed E-state index contributed by atoms with van der Waals surface area (Å²) in [6, 6.07) is 8.38. The molecule has 0 aliphatic carbocycles. The Balaban J connectivity index is 2.54. The second-order valence-corrected chi connectivity index (χ2v) is 5.57. The van der Waals surface area contributed by atoms with Gasteiger partial charge in [0.05, 0.1) is 6.54 Å². The molecule has 0 aromatic heterocycles. The molecule has 3 nitrogen and oxygen atoms in total. The highest BCUT2D eigenvalue weighted by Gasteiger charge is 2.10. The standard InChI is InChI=1S/C14H21BrN2O/c1-4-17(10-14(18)16-11(2)3)9-12-6-5-7-13(15)8-12/h5-8,11H,4,9-10H2,1-3H3,(H,16,18). The molecule has 4 heteroatoms. The molecular formula is C14H21BrN2O. The summed E-state index contributed by atoms with van der Waals surface area (Å²) in [6.45, 7) is 8.12. The minimum absolute atomic E-state index is 0.0850. The van der Waals surface area contributed by atoms with Gasteiger partial charge in [-0.3, -0.25) is 9.69 Å². The van der Waals surface area contributed by atoms with Gasteiger partial charge in [-0.05, 0) is 38.1 Å². The van der Waals surface area contributed by atoms with Crippen molar-refractivity contribution < 1.29 is 4.79 Å². The zero-order chi connectivity index (χ0) is 13.5. The van der Waals surface area contributed by atoms with Crippen LogP contribution in [0.15, 0.2) is 28.7 Å². The number of hydrogen-bond donors (Lipinski definition) is 1. The van der Waals surface area contributed by atoms with E-state index in [-0.39, 0.29) is 11.9 Å². The third kappa shape index (κ3) is 5.65. The lowest BCUT2D eigenvalue weighted by molar-refractivity contribution is -0.122. The number of hydrogen-bond acceptors (Lipinski definition) is 2. The van der Waals surface area contributed by atoms with E-state index in [1.165, 1.54) is 5.56 Å². The summed E-state index contributed by atoms with van der Waals surface area (Å²) in [7, 11) is 0. The topological polar surface area (TPSA) is 32.3 Å². The second-order valence-electron chi connectivity index (χ2n) is 4.66. The highest BCUT2D eigenvalue weighted by molar-refractivity contribution is 9.10. The van der Waals surface area contributed by atoms with E-state index in [4.69, 9.17) is 0 Å². The molecule has 0 bridgehead atoms. The van der Waals surface area contributed by atoms with Crippen molar-refractivity contribution in [2.45, 2.75) is 33.4 Å². The quantitative estimate of drug-likeness (QED) is 0.876. The Morgan fingerprint density at radius 2 is 2.17 bits per heavy atom. The number of halogens is 1. The number of nitrogens with zero attached hydrogens (tertiary/aromatic N) is 1. The number of amides is 1. The van der Waals surface area contributed by atoms with Crippen molar-refractivity contribution in [3.8, 4) is 0 Å². The molecule has 0 unspecified atom stereocenters. The molecule has 100 valence electrons. The predicted octanol–water partition coefficient (Wildman–Crippen LogP) is 2.80. The van der Waals surface area contributed by atoms with E-state index < -0.39 is 0 Å². The Morgan fingerprint density at radius 1 is 1.44 bits per heavy atom. The van der Waals surface area contributed by atoms with E-state index >= 15 is 0 Å². The lowest BCUT2D eigenvalue weighted by atomic mass is 10.2. The Bertz CT molecular complexity index is 393. The molecule has 1 aromatic rings. The van der Waals surface area contributed by atoms with Gasteiger partial charge in [0.25, 0.3) is 0 Å². The first-order valence-electron chi connectivity index (χ1n) is 6.27. The fourth-order valence-electron chi connectivity index (χ4n) is 1.74. The molecule has 0 fully saturated rings. The molecule has 0 spiro atoms. The van der Waals surface area contributed by atoms with E-state index in [2.05, 4.69) is 45.2 Å². The van der Waals surface area contributed by atoms with Gasteiger partial charge in [0.2, 0.25) is 5.91 Å². The monoisotopic (exact) mass is 312 g/mol. The predicted molar refractivity (Wildman–Crippen MR) is 78.4 cm³/mol. The van der Waals surface area contributed by atoms with Gasteiger partial charge in [-0.1, -0.05) is 35.0 Å². The zero-order valence-corrected chi connectivity index (χ0v) is 12.8. The van der Waals surface area contributed by atoms with E-state index in [1.54, 1.807) is 0 Å². The molecule has 0 heterocycles. The normalized spacial score (nSPS) is 11.0. The van der Waals surface area contributed by atoms with Crippen LogP contribution in [0.25, 0.3) is 0 Å². The van der Waals surface area contributed by atoms with Crippen LogP contribution in [-0.2, 0) is 11.3 Å². The van der Waals surface area contributed by atoms with Gasteiger partial charge in [-0.15, -0.1) is 0 Å². The lowest BCUT2D eigenvalue weighted by Gasteiger charge is -2.20. The molecule has 0 saturated heterocycles. The number of benzene rings is 1. The molecule has 1 amide bonds. The highest BCUT2D eigenvalue weighted by atomic mass is 79.9. The van der Waals surface area contributed by atoms with Gasteiger partial charge in [0.1, 0.15) is 0 Å². The van der Waals surface area contributed by atoms with Crippen molar-refractivity contribution >= 4 is 21.8 Å². The molecule has 1 aromatic carbocycles. The van der Waals surface area contributed by atoms with Crippen molar-refractivity contribution in [1.82, 2.24) is 10.2 Å². The van der Waals surface area contributed by atoms with Crippen LogP contribution >= 0.6 is 15.9 Å². The van der Waals surface area contributed by atoms with Gasteiger partial charge in [-0.25, -0.2) is 0 Å². The smallest absolute Gasteiger partial charge is 0.234 e. The molecule has 0 atom stereocenters. The number of carbonyl (C=O) groups excluding carboxylic acids is 1. The Labute approximate surface area is 118 Å². The van der Waals surface area contributed by atoms with Gasteiger partial charge >= 0.3 is 0 Å². The number of likely N-dealkylation sites (N-methyl/N-ethyl adjacent to an activating group) is 1. The van der Waals surface area contributed by atoms with E-state index in [0.717, 1.165) is 17.6 Å². The third-order valence-electron chi connectivity index (χ3n) is 2.56. The number of carbonyl (C=O) groups is 1. The fraction of sp³-hybridized carbons (Fsp3) is 0.500. The number of rotatable bonds is 6. The second kappa shape index (κ2) is 7.54. The third-order valence-corrected chi connectivity index (χ3v) is 3.05. The van der Waals surface area contributed by atoms with Crippen molar-refractivity contribution in [3.63, 3.8) is 0 Å². The maximum atomic E-state index is 11.7. The van der Waals surface area contributed by atoms with Crippen LogP contribution in [0.1, 0.15) is 26.3 Å². The molecular weight excluding hydrogens is 292 g/mol. The summed E-state index contributed by atoms with van der Waals surface area (Å²) in [5.74, 6) is 0.0850. The molecule has 18 heavy (non-hydrogen) atoms. The Morgan fingerprint density at radius 3 is 2.72 bits per heavy atom. The van der Waals surface area contributed by atoms with Crippen LogP contribution in [0.5, 0.6) is 0 Å². The minimum atomic E-state index is 0.0850. The summed E-state index contributed by atoms with van der Waals surface area (Å²) < 4.78 is 1.07. The average molecular weight is 313 g/mol. The summed E-state index contributed by atoms with van der Waals surface area (Å²) in [4.78, 5) is 13.8. The van der Waals surface area contributed by atoms with Crippen LogP contribution < -0.4 is 5.32 Å². The Hall–Kier alpha value is -0.870. The average Bonchev–Trinajstić information content (AvgIpc) is 2.27. The van der Waals surface area contributed by atoms with Crippen LogP contribution in [0.4, 0.5) is 0 Å². The van der Waals surface area contributed by atoms with Crippen molar-refractivity contribution in [3.05, 3.63) is 34.3 Å². The molecule has 1 N–H and O–H groups in total. The molecule has 0 aliphatic rings. The molecule has 0 aliphatic heterocycles. The lowest BCUT2D eigenvalue weighted by Crippen LogP contribution is -2.39. The molecule has 1 rings (SSSR count). The van der Waals surface area contributed by atoms with Gasteiger partial charge in [0, 0.05) is 17.1 Å². The first-order valence-corrected chi connectivity index (χ1v) is 7.06. The largest absolute Gasteiger partial charge is 0.353 e. The van der Waals surface area contributed by atoms with E-state index in [1.807, 2.05) is 26.0 Å². The molecule has 0 radical (unpaired) electrons. The van der Waals surface area contributed by atoms with Crippen LogP contribution in [0, 0.1) is 0 Å². The van der Waals surface area contributed by atoms with Gasteiger partial charge < -0.3 is 5.32 Å². The van der Waals surface area contributed by atoms with Crippen LogP contribution in [-0.4, -0.2) is 29.9 Å². The van der Waals surface area contributed by atoms with Gasteiger partial charge in [-0.2, -0.15) is 0 Å². The van der Waals surface area contributed by atoms with Gasteiger partial charge in [0.15, 0.2) is 0 Å². The minimum Gasteiger partial charge on any atom is -0.353 e. The molecule has 0 saturated carbocycles. The first kappa shape index (κ1) is 15.2.